The van der Waals surface area contributed by atoms with E-state index in [1.54, 1.807) is 6.92 Å². The first-order chi connectivity index (χ1) is 9.66. The first-order valence-corrected chi connectivity index (χ1v) is 7.06. The van der Waals surface area contributed by atoms with Crippen molar-refractivity contribution in [2.24, 2.45) is 0 Å². The summed E-state index contributed by atoms with van der Waals surface area (Å²) in [6.45, 7) is 8.39. The van der Waals surface area contributed by atoms with Gasteiger partial charge in [-0.05, 0) is 31.0 Å². The minimum Gasteiger partial charge on any atom is -0.381 e. The molecule has 1 N–H and O–H groups in total. The van der Waals surface area contributed by atoms with Crippen LogP contribution in [0.3, 0.4) is 0 Å². The van der Waals surface area contributed by atoms with Crippen LogP contribution in [-0.4, -0.2) is 5.78 Å². The summed E-state index contributed by atoms with van der Waals surface area (Å²) in [4.78, 5) is 11.4. The van der Waals surface area contributed by atoms with Crippen LogP contribution >= 0.6 is 0 Å². The number of hydrogen-bond acceptors (Lipinski definition) is 2. The molecule has 0 saturated carbocycles. The number of rotatable bonds is 4. The van der Waals surface area contributed by atoms with Crippen molar-refractivity contribution in [3.63, 3.8) is 0 Å². The Balaban J connectivity index is 0.000000956. The second kappa shape index (κ2) is 8.16. The summed E-state index contributed by atoms with van der Waals surface area (Å²) < 4.78 is 0. The molecule has 0 aromatic heterocycles. The molecule has 0 amide bonds. The Hall–Kier alpha value is -2.09. The summed E-state index contributed by atoms with van der Waals surface area (Å²) in [5, 5.41) is 3.37. The maximum atomic E-state index is 11.4. The molecule has 0 atom stereocenters. The number of aryl methyl sites for hydroxylation is 1. The van der Waals surface area contributed by atoms with Gasteiger partial charge in [0.25, 0.3) is 0 Å². The highest BCUT2D eigenvalue weighted by molar-refractivity contribution is 5.95. The Bertz CT molecular complexity index is 547. The number of hydrogen-bond donors (Lipinski definition) is 1. The van der Waals surface area contributed by atoms with Gasteiger partial charge in [0.1, 0.15) is 0 Å². The van der Waals surface area contributed by atoms with Crippen LogP contribution in [0.2, 0.25) is 0 Å². The number of carbonyl (C=O) groups excluding carboxylic acids is 1. The molecule has 2 aromatic carbocycles. The summed E-state index contributed by atoms with van der Waals surface area (Å²) >= 11 is 0. The molecule has 2 rings (SSSR count). The predicted molar refractivity (Wildman–Crippen MR) is 86.3 cm³/mol. The van der Waals surface area contributed by atoms with Crippen molar-refractivity contribution in [2.45, 2.75) is 34.2 Å². The second-order valence-corrected chi connectivity index (χ2v) is 4.43. The number of anilines is 1. The van der Waals surface area contributed by atoms with Crippen LogP contribution in [-0.2, 0) is 6.54 Å². The maximum absolute atomic E-state index is 11.4. The third-order valence-electron chi connectivity index (χ3n) is 2.97. The average Bonchev–Trinajstić information content (AvgIpc) is 2.49. The van der Waals surface area contributed by atoms with Gasteiger partial charge in [-0.15, -0.1) is 0 Å². The molecule has 0 saturated heterocycles. The van der Waals surface area contributed by atoms with Crippen LogP contribution in [0.4, 0.5) is 5.69 Å². The quantitative estimate of drug-likeness (QED) is 0.805. The van der Waals surface area contributed by atoms with Gasteiger partial charge in [0.05, 0.1) is 0 Å². The van der Waals surface area contributed by atoms with Crippen LogP contribution in [0, 0.1) is 6.92 Å². The van der Waals surface area contributed by atoms with Gasteiger partial charge >= 0.3 is 0 Å². The smallest absolute Gasteiger partial charge is 0.159 e. The van der Waals surface area contributed by atoms with Crippen LogP contribution in [0.5, 0.6) is 0 Å². The lowest BCUT2D eigenvalue weighted by atomic mass is 10.1. The maximum Gasteiger partial charge on any atom is 0.159 e. The lowest BCUT2D eigenvalue weighted by molar-refractivity contribution is 0.101. The van der Waals surface area contributed by atoms with Crippen molar-refractivity contribution in [1.82, 2.24) is 0 Å². The van der Waals surface area contributed by atoms with Gasteiger partial charge in [-0.2, -0.15) is 0 Å². The van der Waals surface area contributed by atoms with Crippen molar-refractivity contribution in [2.75, 3.05) is 5.32 Å². The monoisotopic (exact) mass is 269 g/mol. The van der Waals surface area contributed by atoms with Crippen LogP contribution < -0.4 is 5.32 Å². The van der Waals surface area contributed by atoms with Crippen LogP contribution in [0.25, 0.3) is 0 Å². The lowest BCUT2D eigenvalue weighted by Crippen LogP contribution is -2.02. The first-order valence-electron chi connectivity index (χ1n) is 7.06. The normalized spacial score (nSPS) is 9.40. The Morgan fingerprint density at radius 3 is 2.30 bits per heavy atom. The zero-order valence-electron chi connectivity index (χ0n) is 12.7. The van der Waals surface area contributed by atoms with E-state index >= 15 is 0 Å². The minimum absolute atomic E-state index is 0.0951. The molecular weight excluding hydrogens is 246 g/mol. The zero-order valence-corrected chi connectivity index (χ0v) is 12.7. The van der Waals surface area contributed by atoms with Gasteiger partial charge < -0.3 is 5.32 Å². The molecule has 0 spiro atoms. The Labute approximate surface area is 121 Å². The summed E-state index contributed by atoms with van der Waals surface area (Å²) in [6.07, 6.45) is 0. The van der Waals surface area contributed by atoms with E-state index in [2.05, 4.69) is 17.4 Å². The molecule has 106 valence electrons. The van der Waals surface area contributed by atoms with E-state index in [4.69, 9.17) is 0 Å². The lowest BCUT2D eigenvalue weighted by Gasteiger charge is -2.10. The van der Waals surface area contributed by atoms with Crippen molar-refractivity contribution >= 4 is 11.5 Å². The summed E-state index contributed by atoms with van der Waals surface area (Å²) in [5.41, 5.74) is 4.14. The molecule has 0 bridgehead atoms. The van der Waals surface area contributed by atoms with Crippen molar-refractivity contribution in [1.29, 1.82) is 0 Å². The summed E-state index contributed by atoms with van der Waals surface area (Å²) in [6, 6.07) is 16.0. The average molecular weight is 269 g/mol. The third-order valence-corrected chi connectivity index (χ3v) is 2.97. The molecule has 0 radical (unpaired) electrons. The fraction of sp³-hybridized carbons (Fsp3) is 0.278. The second-order valence-electron chi connectivity index (χ2n) is 4.43. The zero-order chi connectivity index (χ0) is 15.0. The van der Waals surface area contributed by atoms with E-state index in [0.717, 1.165) is 23.4 Å². The summed E-state index contributed by atoms with van der Waals surface area (Å²) in [7, 11) is 0. The van der Waals surface area contributed by atoms with Crippen LogP contribution in [0.1, 0.15) is 42.3 Å². The minimum atomic E-state index is 0.0951. The fourth-order valence-electron chi connectivity index (χ4n) is 1.82. The Kier molecular flexibility index (Phi) is 6.51. The van der Waals surface area contributed by atoms with Gasteiger partial charge in [-0.1, -0.05) is 56.3 Å². The van der Waals surface area contributed by atoms with E-state index in [1.165, 1.54) is 5.56 Å². The third kappa shape index (κ3) is 4.54. The number of Topliss-reactive ketones (excluding diaryl/α,β-unsaturated/α-hetero) is 1. The van der Waals surface area contributed by atoms with Crippen molar-refractivity contribution in [3.8, 4) is 0 Å². The van der Waals surface area contributed by atoms with Gasteiger partial charge in [-0.3, -0.25) is 4.79 Å². The number of benzene rings is 2. The molecule has 2 aromatic rings. The number of nitrogens with one attached hydrogen (secondary N) is 1. The van der Waals surface area contributed by atoms with E-state index < -0.39 is 0 Å². The highest BCUT2D eigenvalue weighted by Crippen LogP contribution is 2.18. The van der Waals surface area contributed by atoms with Crippen LogP contribution in [0.15, 0.2) is 48.5 Å². The van der Waals surface area contributed by atoms with E-state index in [9.17, 15) is 4.79 Å². The fourth-order valence-corrected chi connectivity index (χ4v) is 1.82. The molecule has 0 unspecified atom stereocenters. The summed E-state index contributed by atoms with van der Waals surface area (Å²) in [5.74, 6) is 0.0951. The highest BCUT2D eigenvalue weighted by Gasteiger charge is 2.03. The Morgan fingerprint density at radius 1 is 1.05 bits per heavy atom. The topological polar surface area (TPSA) is 29.1 Å². The van der Waals surface area contributed by atoms with E-state index in [0.29, 0.717) is 0 Å². The molecule has 0 aliphatic rings. The van der Waals surface area contributed by atoms with Crippen molar-refractivity contribution in [3.05, 3.63) is 65.2 Å². The van der Waals surface area contributed by atoms with E-state index in [-0.39, 0.29) is 5.78 Å². The number of carbonyl (C=O) groups is 1. The largest absolute Gasteiger partial charge is 0.381 e. The van der Waals surface area contributed by atoms with Gasteiger partial charge in [0.15, 0.2) is 5.78 Å². The highest BCUT2D eigenvalue weighted by atomic mass is 16.1. The molecule has 0 heterocycles. The first kappa shape index (κ1) is 16.0. The molecule has 0 fully saturated rings. The van der Waals surface area contributed by atoms with Crippen molar-refractivity contribution < 1.29 is 4.79 Å². The standard InChI is InChI=1S/C16H17NO.C2H6/c1-12-8-9-15(13(2)18)10-16(12)17-11-14-6-4-3-5-7-14;1-2/h3-10,17H,11H2,1-2H3;1-2H3. The molecule has 2 heteroatoms. The molecule has 2 nitrogen and oxygen atoms in total. The number of ketones is 1. The van der Waals surface area contributed by atoms with Gasteiger partial charge in [0.2, 0.25) is 0 Å². The Morgan fingerprint density at radius 2 is 1.70 bits per heavy atom. The van der Waals surface area contributed by atoms with E-state index in [1.807, 2.05) is 57.2 Å². The molecule has 20 heavy (non-hydrogen) atoms. The molecule has 0 aliphatic carbocycles. The molecular formula is C18H23NO. The van der Waals surface area contributed by atoms with Gasteiger partial charge in [0, 0.05) is 17.8 Å². The SMILES string of the molecule is CC.CC(=O)c1ccc(C)c(NCc2ccccc2)c1. The van der Waals surface area contributed by atoms with Gasteiger partial charge in [-0.25, -0.2) is 0 Å². The predicted octanol–water partition coefficient (Wildman–Crippen LogP) is 4.84. The molecule has 0 aliphatic heterocycles.